The topological polar surface area (TPSA) is 90.7 Å². The van der Waals surface area contributed by atoms with Crippen molar-refractivity contribution in [3.63, 3.8) is 0 Å². The average Bonchev–Trinajstić information content (AvgIpc) is 2.90. The standard InChI is InChI=1S/C17H15N3O4S/c18-10-13-3-1-12(2-4-13)9-14-16(22)20(17(23)25-14)11-15(21)19-5-7-24-8-6-19/h1-4,9H,5-8,11H2/b14-9-. The van der Waals surface area contributed by atoms with Crippen molar-refractivity contribution in [3.05, 3.63) is 40.3 Å². The summed E-state index contributed by atoms with van der Waals surface area (Å²) in [7, 11) is 0. The zero-order valence-electron chi connectivity index (χ0n) is 13.3. The molecule has 2 aliphatic heterocycles. The molecule has 0 unspecified atom stereocenters. The van der Waals surface area contributed by atoms with E-state index < -0.39 is 11.1 Å². The molecule has 0 aliphatic carbocycles. The molecule has 7 nitrogen and oxygen atoms in total. The third kappa shape index (κ3) is 3.90. The smallest absolute Gasteiger partial charge is 0.294 e. The first-order valence-electron chi connectivity index (χ1n) is 7.69. The third-order valence-corrected chi connectivity index (χ3v) is 4.78. The lowest BCUT2D eigenvalue weighted by atomic mass is 10.1. The number of ether oxygens (including phenoxy) is 1. The van der Waals surface area contributed by atoms with Gasteiger partial charge in [-0.2, -0.15) is 5.26 Å². The van der Waals surface area contributed by atoms with Gasteiger partial charge in [-0.15, -0.1) is 0 Å². The van der Waals surface area contributed by atoms with Gasteiger partial charge >= 0.3 is 0 Å². The van der Waals surface area contributed by atoms with Gasteiger partial charge in [-0.1, -0.05) is 12.1 Å². The largest absolute Gasteiger partial charge is 0.378 e. The molecule has 0 atom stereocenters. The molecule has 3 rings (SSSR count). The quantitative estimate of drug-likeness (QED) is 0.761. The van der Waals surface area contributed by atoms with Crippen LogP contribution in [0.4, 0.5) is 4.79 Å². The summed E-state index contributed by atoms with van der Waals surface area (Å²) in [5.41, 5.74) is 1.23. The van der Waals surface area contributed by atoms with Crippen LogP contribution in [0.15, 0.2) is 29.2 Å². The lowest BCUT2D eigenvalue weighted by Gasteiger charge is -2.28. The molecule has 0 spiro atoms. The van der Waals surface area contributed by atoms with Crippen molar-refractivity contribution in [2.45, 2.75) is 0 Å². The molecule has 2 heterocycles. The van der Waals surface area contributed by atoms with Gasteiger partial charge in [0.2, 0.25) is 5.91 Å². The molecule has 2 aliphatic rings. The highest BCUT2D eigenvalue weighted by atomic mass is 32.2. The van der Waals surface area contributed by atoms with E-state index in [4.69, 9.17) is 10.00 Å². The van der Waals surface area contributed by atoms with Crippen molar-refractivity contribution in [1.82, 2.24) is 9.80 Å². The number of hydrogen-bond acceptors (Lipinski definition) is 6. The summed E-state index contributed by atoms with van der Waals surface area (Å²) in [6.45, 7) is 1.61. The van der Waals surface area contributed by atoms with Crippen LogP contribution in [0.1, 0.15) is 11.1 Å². The normalized spacial score (nSPS) is 19.4. The predicted octanol–water partition coefficient (Wildman–Crippen LogP) is 1.45. The maximum absolute atomic E-state index is 12.4. The van der Waals surface area contributed by atoms with Crippen molar-refractivity contribution >= 4 is 34.9 Å². The lowest BCUT2D eigenvalue weighted by molar-refractivity contribution is -0.139. The zero-order chi connectivity index (χ0) is 17.8. The summed E-state index contributed by atoms with van der Waals surface area (Å²) >= 11 is 0.813. The zero-order valence-corrected chi connectivity index (χ0v) is 14.1. The van der Waals surface area contributed by atoms with E-state index in [1.807, 2.05) is 6.07 Å². The van der Waals surface area contributed by atoms with E-state index in [0.717, 1.165) is 16.7 Å². The minimum absolute atomic E-state index is 0.255. The molecule has 1 aromatic carbocycles. The molecule has 3 amide bonds. The van der Waals surface area contributed by atoms with Crippen molar-refractivity contribution in [2.75, 3.05) is 32.8 Å². The Morgan fingerprint density at radius 2 is 1.92 bits per heavy atom. The molecular formula is C17H15N3O4S. The molecule has 0 saturated carbocycles. The predicted molar refractivity (Wildman–Crippen MR) is 91.2 cm³/mol. The first kappa shape index (κ1) is 17.2. The lowest BCUT2D eigenvalue weighted by Crippen LogP contribution is -2.46. The van der Waals surface area contributed by atoms with Crippen molar-refractivity contribution in [1.29, 1.82) is 5.26 Å². The molecule has 8 heteroatoms. The number of amides is 3. The van der Waals surface area contributed by atoms with E-state index in [1.54, 1.807) is 35.2 Å². The monoisotopic (exact) mass is 357 g/mol. The van der Waals surface area contributed by atoms with Gasteiger partial charge in [-0.05, 0) is 35.5 Å². The third-order valence-electron chi connectivity index (χ3n) is 3.87. The van der Waals surface area contributed by atoms with Crippen LogP contribution in [-0.2, 0) is 14.3 Å². The number of carbonyl (C=O) groups is 3. The van der Waals surface area contributed by atoms with Gasteiger partial charge in [-0.3, -0.25) is 19.3 Å². The van der Waals surface area contributed by atoms with Crippen molar-refractivity contribution in [2.24, 2.45) is 0 Å². The van der Waals surface area contributed by atoms with Crippen LogP contribution in [0.5, 0.6) is 0 Å². The average molecular weight is 357 g/mol. The van der Waals surface area contributed by atoms with Gasteiger partial charge in [0.1, 0.15) is 6.54 Å². The Bertz CT molecular complexity index is 776. The molecule has 0 radical (unpaired) electrons. The second-order valence-electron chi connectivity index (χ2n) is 5.49. The Labute approximate surface area is 148 Å². The Balaban J connectivity index is 1.69. The summed E-state index contributed by atoms with van der Waals surface area (Å²) in [6, 6.07) is 8.69. The van der Waals surface area contributed by atoms with Gasteiger partial charge in [0.25, 0.3) is 11.1 Å². The maximum Gasteiger partial charge on any atom is 0.294 e. The van der Waals surface area contributed by atoms with E-state index in [-0.39, 0.29) is 17.4 Å². The van der Waals surface area contributed by atoms with Crippen LogP contribution in [0.3, 0.4) is 0 Å². The van der Waals surface area contributed by atoms with E-state index in [0.29, 0.717) is 37.4 Å². The fourth-order valence-corrected chi connectivity index (χ4v) is 3.33. The van der Waals surface area contributed by atoms with Crippen molar-refractivity contribution in [3.8, 4) is 6.07 Å². The van der Waals surface area contributed by atoms with E-state index >= 15 is 0 Å². The fourth-order valence-electron chi connectivity index (χ4n) is 2.49. The van der Waals surface area contributed by atoms with Gasteiger partial charge in [0.05, 0.1) is 29.8 Å². The molecule has 0 N–H and O–H groups in total. The molecule has 0 aromatic heterocycles. The van der Waals surface area contributed by atoms with Crippen LogP contribution in [0, 0.1) is 11.3 Å². The SMILES string of the molecule is N#Cc1ccc(/C=C2\SC(=O)N(CC(=O)N3CCOCC3)C2=O)cc1. The first-order chi connectivity index (χ1) is 12.1. The number of rotatable bonds is 3. The minimum Gasteiger partial charge on any atom is -0.378 e. The van der Waals surface area contributed by atoms with Gasteiger partial charge in [0, 0.05) is 13.1 Å². The second-order valence-corrected chi connectivity index (χ2v) is 6.49. The Morgan fingerprint density at radius 1 is 1.24 bits per heavy atom. The Kier molecular flexibility index (Phi) is 5.16. The van der Waals surface area contributed by atoms with E-state index in [9.17, 15) is 14.4 Å². The number of nitrogens with zero attached hydrogens (tertiary/aromatic N) is 3. The number of morpholine rings is 1. The fraction of sp³-hybridized carbons (Fsp3) is 0.294. The molecular weight excluding hydrogens is 342 g/mol. The summed E-state index contributed by atoms with van der Waals surface area (Å²) in [4.78, 5) is 39.6. The Hall–Kier alpha value is -2.63. The minimum atomic E-state index is -0.471. The number of hydrogen-bond donors (Lipinski definition) is 0. The molecule has 1 aromatic rings. The van der Waals surface area contributed by atoms with Crippen LogP contribution >= 0.6 is 11.8 Å². The van der Waals surface area contributed by atoms with Crippen LogP contribution in [-0.4, -0.2) is 59.7 Å². The summed E-state index contributed by atoms with van der Waals surface area (Å²) in [5.74, 6) is -0.730. The molecule has 2 saturated heterocycles. The molecule has 128 valence electrons. The highest BCUT2D eigenvalue weighted by Gasteiger charge is 2.37. The van der Waals surface area contributed by atoms with E-state index in [1.165, 1.54) is 0 Å². The summed E-state index contributed by atoms with van der Waals surface area (Å²) < 4.78 is 5.19. The summed E-state index contributed by atoms with van der Waals surface area (Å²) in [5, 5.41) is 8.34. The first-order valence-corrected chi connectivity index (χ1v) is 8.51. The van der Waals surface area contributed by atoms with Crippen molar-refractivity contribution < 1.29 is 19.1 Å². The second kappa shape index (κ2) is 7.51. The number of benzene rings is 1. The number of carbonyl (C=O) groups excluding carboxylic acids is 3. The van der Waals surface area contributed by atoms with Gasteiger partial charge in [-0.25, -0.2) is 0 Å². The van der Waals surface area contributed by atoms with Gasteiger partial charge < -0.3 is 9.64 Å². The molecule has 25 heavy (non-hydrogen) atoms. The molecule has 0 bridgehead atoms. The highest BCUT2D eigenvalue weighted by molar-refractivity contribution is 8.18. The summed E-state index contributed by atoms with van der Waals surface area (Å²) in [6.07, 6.45) is 1.59. The van der Waals surface area contributed by atoms with Crippen LogP contribution in [0.2, 0.25) is 0 Å². The van der Waals surface area contributed by atoms with E-state index in [2.05, 4.69) is 0 Å². The Morgan fingerprint density at radius 3 is 2.56 bits per heavy atom. The molecule has 2 fully saturated rings. The number of nitriles is 1. The number of thioether (sulfide) groups is 1. The van der Waals surface area contributed by atoms with Crippen LogP contribution in [0.25, 0.3) is 6.08 Å². The highest BCUT2D eigenvalue weighted by Crippen LogP contribution is 2.32. The number of imide groups is 1. The van der Waals surface area contributed by atoms with Gasteiger partial charge in [0.15, 0.2) is 0 Å². The van der Waals surface area contributed by atoms with Crippen LogP contribution < -0.4 is 0 Å². The maximum atomic E-state index is 12.4.